The van der Waals surface area contributed by atoms with Gasteiger partial charge in [-0.3, -0.25) is 10.1 Å². The molecule has 4 rings (SSSR count). The summed E-state index contributed by atoms with van der Waals surface area (Å²) in [6.45, 7) is 1.30. The molecule has 0 amide bonds. The van der Waals surface area contributed by atoms with Crippen molar-refractivity contribution in [3.63, 3.8) is 0 Å². The van der Waals surface area contributed by atoms with Gasteiger partial charge in [0.05, 0.1) is 10.6 Å². The quantitative estimate of drug-likeness (QED) is 0.625. The Morgan fingerprint density at radius 2 is 1.75 bits per heavy atom. The minimum Gasteiger partial charge on any atom is -0.362 e. The van der Waals surface area contributed by atoms with Gasteiger partial charge in [0.2, 0.25) is 0 Å². The number of para-hydroxylation sites is 2. The first-order chi connectivity index (χ1) is 11.5. The first kappa shape index (κ1) is 15.2. The molecule has 2 atom stereocenters. The molecule has 0 radical (unpaired) electrons. The van der Waals surface area contributed by atoms with Gasteiger partial charge < -0.3 is 9.80 Å². The summed E-state index contributed by atoms with van der Waals surface area (Å²) in [5.74, 6) is -0.327. The average Bonchev–Trinajstić information content (AvgIpc) is 3.15. The molecule has 0 N–H and O–H groups in total. The summed E-state index contributed by atoms with van der Waals surface area (Å²) in [5, 5.41) is 11.6. The third-order valence-electron chi connectivity index (χ3n) is 4.85. The van der Waals surface area contributed by atoms with Gasteiger partial charge in [0.1, 0.15) is 11.5 Å². The zero-order valence-corrected chi connectivity index (χ0v) is 13.5. The van der Waals surface area contributed by atoms with E-state index >= 15 is 0 Å². The Kier molecular flexibility index (Phi) is 3.57. The number of nitrogens with zero attached hydrogens (tertiary/aromatic N) is 3. The van der Waals surface area contributed by atoms with Crippen molar-refractivity contribution in [2.75, 3.05) is 22.9 Å². The second kappa shape index (κ2) is 5.63. The second-order valence-corrected chi connectivity index (χ2v) is 6.63. The van der Waals surface area contributed by atoms with Crippen LogP contribution in [0, 0.1) is 15.9 Å². The number of nitro groups is 1. The van der Waals surface area contributed by atoms with Crippen molar-refractivity contribution in [2.45, 2.75) is 18.5 Å². The van der Waals surface area contributed by atoms with Crippen LogP contribution in [-0.4, -0.2) is 30.1 Å². The van der Waals surface area contributed by atoms with Gasteiger partial charge in [0, 0.05) is 36.3 Å². The first-order valence-corrected chi connectivity index (χ1v) is 8.14. The summed E-state index contributed by atoms with van der Waals surface area (Å²) in [6.07, 6.45) is 0.869. The lowest BCUT2D eigenvalue weighted by Gasteiger charge is -2.36. The van der Waals surface area contributed by atoms with Crippen LogP contribution in [-0.2, 0) is 0 Å². The van der Waals surface area contributed by atoms with Crippen LogP contribution in [0.25, 0.3) is 0 Å². The number of hydrogen-bond donors (Lipinski definition) is 0. The number of nitro benzene ring substituents is 1. The van der Waals surface area contributed by atoms with Crippen molar-refractivity contribution in [1.82, 2.24) is 0 Å². The molecule has 5 nitrogen and oxygen atoms in total. The predicted octanol–water partition coefficient (Wildman–Crippen LogP) is 3.85. The summed E-state index contributed by atoms with van der Waals surface area (Å²) in [5.41, 5.74) is 1.31. The van der Waals surface area contributed by atoms with Gasteiger partial charge in [-0.15, -0.1) is 0 Å². The summed E-state index contributed by atoms with van der Waals surface area (Å²) in [4.78, 5) is 15.0. The van der Waals surface area contributed by atoms with E-state index in [1.54, 1.807) is 24.3 Å². The van der Waals surface area contributed by atoms with Gasteiger partial charge in [-0.2, -0.15) is 0 Å². The molecule has 0 saturated carbocycles. The van der Waals surface area contributed by atoms with Crippen LogP contribution >= 0.6 is 11.6 Å². The molecule has 2 aromatic rings. The number of piperazine rings is 1. The molecule has 2 bridgehead atoms. The summed E-state index contributed by atoms with van der Waals surface area (Å²) >= 11 is 5.82. The summed E-state index contributed by atoms with van der Waals surface area (Å²) in [6, 6.07) is 11.8. The largest absolute Gasteiger partial charge is 0.362 e. The van der Waals surface area contributed by atoms with Crippen LogP contribution in [0.5, 0.6) is 0 Å². The Bertz CT molecular complexity index is 816. The van der Waals surface area contributed by atoms with Gasteiger partial charge in [-0.05, 0) is 30.7 Å². The number of fused-ring (bicyclic) bond motifs is 2. The Hall–Kier alpha value is -2.34. The Labute approximate surface area is 143 Å². The molecule has 2 aliphatic heterocycles. The zero-order chi connectivity index (χ0) is 16.8. The average molecular weight is 348 g/mol. The van der Waals surface area contributed by atoms with Crippen LogP contribution in [0.4, 0.5) is 21.5 Å². The van der Waals surface area contributed by atoms with Crippen molar-refractivity contribution in [3.05, 3.63) is 63.4 Å². The van der Waals surface area contributed by atoms with Gasteiger partial charge in [-0.1, -0.05) is 23.7 Å². The zero-order valence-electron chi connectivity index (χ0n) is 12.7. The van der Waals surface area contributed by atoms with Gasteiger partial charge in [-0.25, -0.2) is 4.39 Å². The van der Waals surface area contributed by atoms with Crippen molar-refractivity contribution in [1.29, 1.82) is 0 Å². The van der Waals surface area contributed by atoms with Gasteiger partial charge >= 0.3 is 0 Å². The van der Waals surface area contributed by atoms with E-state index in [-0.39, 0.29) is 28.5 Å². The Balaban J connectivity index is 1.60. The molecule has 0 aliphatic carbocycles. The van der Waals surface area contributed by atoms with E-state index in [1.165, 1.54) is 12.1 Å². The fourth-order valence-electron chi connectivity index (χ4n) is 3.83. The number of hydrogen-bond acceptors (Lipinski definition) is 4. The van der Waals surface area contributed by atoms with Crippen LogP contribution in [0.3, 0.4) is 0 Å². The molecular weight excluding hydrogens is 333 g/mol. The predicted molar refractivity (Wildman–Crippen MR) is 91.4 cm³/mol. The molecule has 24 heavy (non-hydrogen) atoms. The molecule has 0 unspecified atom stereocenters. The fourth-order valence-corrected chi connectivity index (χ4v) is 3.99. The maximum absolute atomic E-state index is 14.2. The molecular formula is C17H15ClFN3O2. The lowest BCUT2D eigenvalue weighted by atomic mass is 10.2. The minimum atomic E-state index is -0.349. The lowest BCUT2D eigenvalue weighted by Crippen LogP contribution is -2.47. The number of halogens is 2. The van der Waals surface area contributed by atoms with Crippen molar-refractivity contribution in [2.24, 2.45) is 0 Å². The topological polar surface area (TPSA) is 49.6 Å². The molecule has 0 aromatic heterocycles. The third-order valence-corrected chi connectivity index (χ3v) is 5.08. The smallest absolute Gasteiger partial charge is 0.292 e. The second-order valence-electron chi connectivity index (χ2n) is 6.19. The monoisotopic (exact) mass is 347 g/mol. The summed E-state index contributed by atoms with van der Waals surface area (Å²) in [7, 11) is 0. The Morgan fingerprint density at radius 1 is 1.08 bits per heavy atom. The fraction of sp³-hybridized carbons (Fsp3) is 0.294. The minimum absolute atomic E-state index is 0.120. The van der Waals surface area contributed by atoms with Crippen molar-refractivity contribution in [3.8, 4) is 0 Å². The van der Waals surface area contributed by atoms with E-state index in [9.17, 15) is 14.5 Å². The highest BCUT2D eigenvalue weighted by atomic mass is 35.5. The normalized spacial score (nSPS) is 22.2. The van der Waals surface area contributed by atoms with Crippen molar-refractivity contribution >= 4 is 28.7 Å². The van der Waals surface area contributed by atoms with Crippen LogP contribution in [0.2, 0.25) is 5.02 Å². The van der Waals surface area contributed by atoms with E-state index in [2.05, 4.69) is 4.90 Å². The highest BCUT2D eigenvalue weighted by Crippen LogP contribution is 2.41. The Morgan fingerprint density at radius 3 is 2.38 bits per heavy atom. The van der Waals surface area contributed by atoms with E-state index in [1.807, 2.05) is 11.0 Å². The molecule has 0 spiro atoms. The number of anilines is 2. The molecule has 7 heteroatoms. The van der Waals surface area contributed by atoms with E-state index in [4.69, 9.17) is 11.6 Å². The molecule has 124 valence electrons. The van der Waals surface area contributed by atoms with Crippen LogP contribution < -0.4 is 9.80 Å². The van der Waals surface area contributed by atoms with E-state index in [0.29, 0.717) is 29.5 Å². The van der Waals surface area contributed by atoms with Gasteiger partial charge in [0.15, 0.2) is 0 Å². The SMILES string of the molecule is O=[N+]([O-])c1ccccc1N1C[C@H]2C[C@@H]1CN2c1ccc(Cl)cc1F. The molecule has 2 fully saturated rings. The number of rotatable bonds is 3. The van der Waals surface area contributed by atoms with E-state index < -0.39 is 0 Å². The van der Waals surface area contributed by atoms with Crippen molar-refractivity contribution < 1.29 is 9.31 Å². The molecule has 2 saturated heterocycles. The number of benzene rings is 2. The molecule has 2 heterocycles. The highest BCUT2D eigenvalue weighted by Gasteiger charge is 2.45. The maximum Gasteiger partial charge on any atom is 0.292 e. The van der Waals surface area contributed by atoms with Gasteiger partial charge in [0.25, 0.3) is 5.69 Å². The van der Waals surface area contributed by atoms with E-state index in [0.717, 1.165) is 6.42 Å². The van der Waals surface area contributed by atoms with Crippen LogP contribution in [0.1, 0.15) is 6.42 Å². The summed E-state index contributed by atoms with van der Waals surface area (Å²) < 4.78 is 14.2. The third kappa shape index (κ3) is 2.38. The maximum atomic E-state index is 14.2. The lowest BCUT2D eigenvalue weighted by molar-refractivity contribution is -0.384. The standard InChI is InChI=1S/C17H15ClFN3O2/c18-11-5-6-15(14(19)7-11)20-9-13-8-12(20)10-21(13)16-3-1-2-4-17(16)22(23)24/h1-7,12-13H,8-10H2/t12-,13-/m1/s1. The first-order valence-electron chi connectivity index (χ1n) is 7.76. The molecule has 2 aliphatic rings. The molecule has 2 aromatic carbocycles. The van der Waals surface area contributed by atoms with Crippen LogP contribution in [0.15, 0.2) is 42.5 Å². The highest BCUT2D eigenvalue weighted by molar-refractivity contribution is 6.30.